The van der Waals surface area contributed by atoms with Crippen LogP contribution < -0.4 is 11.0 Å². The first-order valence-corrected chi connectivity index (χ1v) is 6.57. The Bertz CT molecular complexity index is 839. The Morgan fingerprint density at radius 3 is 3.00 bits per heavy atom. The Morgan fingerprint density at radius 2 is 2.19 bits per heavy atom. The van der Waals surface area contributed by atoms with Crippen molar-refractivity contribution < 1.29 is 4.39 Å². The molecule has 2 heterocycles. The number of H-pyrrole nitrogens is 1. The van der Waals surface area contributed by atoms with Crippen LogP contribution in [-0.4, -0.2) is 26.1 Å². The van der Waals surface area contributed by atoms with Gasteiger partial charge in [-0.1, -0.05) is 18.2 Å². The van der Waals surface area contributed by atoms with Crippen LogP contribution in [0.2, 0.25) is 0 Å². The highest BCUT2D eigenvalue weighted by Crippen LogP contribution is 2.10. The number of nitrogens with zero attached hydrogens (tertiary/aromatic N) is 3. The number of hydrogen-bond acceptors (Lipinski definition) is 4. The molecule has 3 aromatic rings. The van der Waals surface area contributed by atoms with Crippen molar-refractivity contribution in [3.63, 3.8) is 0 Å². The molecule has 2 aromatic heterocycles. The first-order chi connectivity index (χ1) is 10.1. The highest BCUT2D eigenvalue weighted by atomic mass is 19.1. The average Bonchev–Trinajstić information content (AvgIpc) is 2.83. The van der Waals surface area contributed by atoms with Crippen molar-refractivity contribution in [1.82, 2.24) is 19.6 Å². The number of halogens is 1. The second-order valence-electron chi connectivity index (χ2n) is 4.68. The third-order valence-corrected chi connectivity index (χ3v) is 3.23. The van der Waals surface area contributed by atoms with Gasteiger partial charge in [-0.05, 0) is 25.0 Å². The molecule has 0 spiro atoms. The van der Waals surface area contributed by atoms with Crippen molar-refractivity contribution in [1.29, 1.82) is 0 Å². The number of fused-ring (bicyclic) bond motifs is 1. The minimum atomic E-state index is -0.312. The van der Waals surface area contributed by atoms with E-state index in [9.17, 15) is 9.18 Å². The first kappa shape index (κ1) is 13.3. The van der Waals surface area contributed by atoms with Gasteiger partial charge < -0.3 is 5.32 Å². The molecule has 7 heteroatoms. The number of aromatic nitrogens is 4. The zero-order chi connectivity index (χ0) is 14.8. The molecule has 0 aliphatic heterocycles. The topological polar surface area (TPSA) is 75.1 Å². The van der Waals surface area contributed by atoms with E-state index >= 15 is 0 Å². The molecule has 0 amide bonds. The fourth-order valence-corrected chi connectivity index (χ4v) is 2.21. The second kappa shape index (κ2) is 5.35. The maximum atomic E-state index is 13.5. The maximum absolute atomic E-state index is 13.5. The first-order valence-electron chi connectivity index (χ1n) is 6.57. The molecular weight excluding hydrogens is 273 g/mol. The number of nitrogens with one attached hydrogen (secondary N) is 2. The van der Waals surface area contributed by atoms with E-state index in [1.807, 2.05) is 6.07 Å². The number of anilines is 1. The molecule has 108 valence electrons. The molecule has 6 nitrogen and oxygen atoms in total. The van der Waals surface area contributed by atoms with Gasteiger partial charge in [-0.25, -0.2) is 23.7 Å². The SMILES string of the molecule is Cc1nc(NCCc2ccccc2F)cc2n[nH]c(=O)n12. The lowest BCUT2D eigenvalue weighted by atomic mass is 10.1. The van der Waals surface area contributed by atoms with Crippen molar-refractivity contribution in [2.24, 2.45) is 0 Å². The number of benzene rings is 1. The summed E-state index contributed by atoms with van der Waals surface area (Å²) >= 11 is 0. The predicted molar refractivity (Wildman–Crippen MR) is 76.9 cm³/mol. The van der Waals surface area contributed by atoms with Crippen molar-refractivity contribution >= 4 is 11.5 Å². The molecule has 3 rings (SSSR count). The lowest BCUT2D eigenvalue weighted by Gasteiger charge is -2.07. The van der Waals surface area contributed by atoms with Crippen molar-refractivity contribution in [3.8, 4) is 0 Å². The zero-order valence-corrected chi connectivity index (χ0v) is 11.4. The van der Waals surface area contributed by atoms with E-state index in [0.29, 0.717) is 35.8 Å². The fraction of sp³-hybridized carbons (Fsp3) is 0.214. The maximum Gasteiger partial charge on any atom is 0.349 e. The van der Waals surface area contributed by atoms with Gasteiger partial charge in [-0.2, -0.15) is 5.10 Å². The van der Waals surface area contributed by atoms with E-state index < -0.39 is 0 Å². The molecule has 0 radical (unpaired) electrons. The van der Waals surface area contributed by atoms with Crippen LogP contribution in [0.15, 0.2) is 35.1 Å². The Balaban J connectivity index is 1.74. The highest BCUT2D eigenvalue weighted by molar-refractivity contribution is 5.49. The molecule has 21 heavy (non-hydrogen) atoms. The van der Waals surface area contributed by atoms with E-state index in [0.717, 1.165) is 0 Å². The lowest BCUT2D eigenvalue weighted by Crippen LogP contribution is -2.14. The molecule has 0 aliphatic carbocycles. The Hall–Kier alpha value is -2.70. The Kier molecular flexibility index (Phi) is 3.39. The third-order valence-electron chi connectivity index (χ3n) is 3.23. The molecule has 0 saturated carbocycles. The molecule has 1 aromatic carbocycles. The van der Waals surface area contributed by atoms with Gasteiger partial charge in [-0.15, -0.1) is 0 Å². The molecular formula is C14H14FN5O. The number of hydrogen-bond donors (Lipinski definition) is 2. The lowest BCUT2D eigenvalue weighted by molar-refractivity contribution is 0.610. The molecule has 0 aliphatic rings. The summed E-state index contributed by atoms with van der Waals surface area (Å²) < 4.78 is 14.9. The van der Waals surface area contributed by atoms with Gasteiger partial charge in [0.15, 0.2) is 5.65 Å². The summed E-state index contributed by atoms with van der Waals surface area (Å²) in [6, 6.07) is 8.35. The number of aromatic amines is 1. The largest absolute Gasteiger partial charge is 0.370 e. The Labute approximate surface area is 119 Å². The summed E-state index contributed by atoms with van der Waals surface area (Å²) in [5, 5.41) is 9.40. The van der Waals surface area contributed by atoms with Crippen LogP contribution in [0.4, 0.5) is 10.2 Å². The van der Waals surface area contributed by atoms with Gasteiger partial charge in [0.05, 0.1) is 0 Å². The van der Waals surface area contributed by atoms with Crippen LogP contribution in [0.5, 0.6) is 0 Å². The quantitative estimate of drug-likeness (QED) is 0.763. The standard InChI is InChI=1S/C14H14FN5O/c1-9-17-12(8-13-18-19-14(21)20(9)13)16-7-6-10-4-2-3-5-11(10)15/h2-5,8,16H,6-7H2,1H3,(H,19,21). The summed E-state index contributed by atoms with van der Waals surface area (Å²) in [5.41, 5.74) is 0.840. The monoisotopic (exact) mass is 287 g/mol. The van der Waals surface area contributed by atoms with Crippen LogP contribution in [0, 0.1) is 12.7 Å². The normalized spacial score (nSPS) is 11.0. The molecule has 0 fully saturated rings. The van der Waals surface area contributed by atoms with E-state index in [1.54, 1.807) is 25.1 Å². The average molecular weight is 287 g/mol. The van der Waals surface area contributed by atoms with Crippen LogP contribution >= 0.6 is 0 Å². The van der Waals surface area contributed by atoms with Crippen molar-refractivity contribution in [2.75, 3.05) is 11.9 Å². The van der Waals surface area contributed by atoms with Gasteiger partial charge in [0.25, 0.3) is 0 Å². The smallest absolute Gasteiger partial charge is 0.349 e. The molecule has 0 bridgehead atoms. The van der Waals surface area contributed by atoms with Crippen LogP contribution in [-0.2, 0) is 6.42 Å². The van der Waals surface area contributed by atoms with Gasteiger partial charge >= 0.3 is 5.69 Å². The van der Waals surface area contributed by atoms with Gasteiger partial charge in [0, 0.05) is 12.6 Å². The summed E-state index contributed by atoms with van der Waals surface area (Å²) in [4.78, 5) is 15.8. The number of aryl methyl sites for hydroxylation is 1. The van der Waals surface area contributed by atoms with Crippen molar-refractivity contribution in [3.05, 3.63) is 58.0 Å². The predicted octanol–water partition coefficient (Wildman–Crippen LogP) is 1.52. The third kappa shape index (κ3) is 2.62. The van der Waals surface area contributed by atoms with Gasteiger partial charge in [0.1, 0.15) is 17.5 Å². The van der Waals surface area contributed by atoms with Gasteiger partial charge in [0.2, 0.25) is 0 Å². The molecule has 0 atom stereocenters. The van der Waals surface area contributed by atoms with Crippen LogP contribution in [0.3, 0.4) is 0 Å². The minimum Gasteiger partial charge on any atom is -0.370 e. The second-order valence-corrected chi connectivity index (χ2v) is 4.68. The summed E-state index contributed by atoms with van der Waals surface area (Å²) in [6.07, 6.45) is 0.548. The van der Waals surface area contributed by atoms with E-state index in [2.05, 4.69) is 20.5 Å². The fourth-order valence-electron chi connectivity index (χ4n) is 2.21. The van der Waals surface area contributed by atoms with Crippen LogP contribution in [0.25, 0.3) is 5.65 Å². The van der Waals surface area contributed by atoms with Crippen molar-refractivity contribution in [2.45, 2.75) is 13.3 Å². The van der Waals surface area contributed by atoms with E-state index in [-0.39, 0.29) is 11.5 Å². The van der Waals surface area contributed by atoms with Gasteiger partial charge in [-0.3, -0.25) is 0 Å². The molecule has 0 unspecified atom stereocenters. The van der Waals surface area contributed by atoms with Crippen LogP contribution in [0.1, 0.15) is 11.4 Å². The summed E-state index contributed by atoms with van der Waals surface area (Å²) in [5.74, 6) is 0.938. The summed E-state index contributed by atoms with van der Waals surface area (Å²) in [7, 11) is 0. The number of rotatable bonds is 4. The Morgan fingerprint density at radius 1 is 1.38 bits per heavy atom. The molecule has 0 saturated heterocycles. The zero-order valence-electron chi connectivity index (χ0n) is 11.4. The molecule has 2 N–H and O–H groups in total. The van der Waals surface area contributed by atoms with E-state index in [4.69, 9.17) is 0 Å². The minimum absolute atomic E-state index is 0.210. The highest BCUT2D eigenvalue weighted by Gasteiger charge is 2.07. The van der Waals surface area contributed by atoms with E-state index in [1.165, 1.54) is 10.5 Å². The summed E-state index contributed by atoms with van der Waals surface area (Å²) in [6.45, 7) is 2.27.